The third-order valence-electron chi connectivity index (χ3n) is 6.45. The van der Waals surface area contributed by atoms with Crippen LogP contribution in [0, 0.1) is 19.8 Å². The number of hydrogen-bond acceptors (Lipinski definition) is 4. The molecular weight excluding hydrogens is 453 g/mol. The Bertz CT molecular complexity index is 1110. The summed E-state index contributed by atoms with van der Waals surface area (Å²) in [7, 11) is 0. The molecule has 0 bridgehead atoms. The number of urea groups is 1. The Morgan fingerprint density at radius 1 is 1.22 bits per heavy atom. The van der Waals surface area contributed by atoms with E-state index in [4.69, 9.17) is 23.2 Å². The molecule has 1 aliphatic heterocycles. The molecule has 2 N–H and O–H groups in total. The lowest BCUT2D eigenvalue weighted by atomic mass is 9.77. The Labute approximate surface area is 196 Å². The minimum atomic E-state index is -0.901. The molecule has 2 fully saturated rings. The standard InChI is InChI=1S/C22H25Cl2N5O3/c1-12-6-8-22(9-7-12)20(31)29(21(32)25-22)27-19(30)11-16-13(2)26-28(14(16)3)15-4-5-17(23)18(24)10-15/h4-5,10,12H,6-9,11H2,1-3H3,(H,25,32)(H,27,30). The summed E-state index contributed by atoms with van der Waals surface area (Å²) in [5.41, 5.74) is 4.43. The molecular formula is C22H25Cl2N5O3. The monoisotopic (exact) mass is 477 g/mol. The molecule has 170 valence electrons. The first-order valence-corrected chi connectivity index (χ1v) is 11.3. The van der Waals surface area contributed by atoms with Crippen LogP contribution in [-0.4, -0.2) is 38.2 Å². The maximum atomic E-state index is 13.0. The third kappa shape index (κ3) is 3.97. The second-order valence-electron chi connectivity index (χ2n) is 8.71. The van der Waals surface area contributed by atoms with Gasteiger partial charge in [-0.1, -0.05) is 30.1 Å². The zero-order valence-electron chi connectivity index (χ0n) is 18.2. The van der Waals surface area contributed by atoms with Crippen molar-refractivity contribution in [2.24, 2.45) is 5.92 Å². The number of aryl methyl sites for hydroxylation is 1. The highest BCUT2D eigenvalue weighted by Gasteiger charge is 2.52. The van der Waals surface area contributed by atoms with Crippen LogP contribution in [0.3, 0.4) is 0 Å². The molecule has 0 atom stereocenters. The lowest BCUT2D eigenvalue weighted by Crippen LogP contribution is -2.51. The average Bonchev–Trinajstić information content (AvgIpc) is 3.15. The largest absolute Gasteiger partial charge is 0.344 e. The van der Waals surface area contributed by atoms with Crippen molar-refractivity contribution in [3.63, 3.8) is 0 Å². The summed E-state index contributed by atoms with van der Waals surface area (Å²) >= 11 is 12.1. The number of benzene rings is 1. The quantitative estimate of drug-likeness (QED) is 0.653. The van der Waals surface area contributed by atoms with E-state index in [-0.39, 0.29) is 12.3 Å². The van der Waals surface area contributed by atoms with Gasteiger partial charge >= 0.3 is 6.03 Å². The van der Waals surface area contributed by atoms with Crippen LogP contribution in [0.1, 0.15) is 49.6 Å². The fraction of sp³-hybridized carbons (Fsp3) is 0.455. The molecule has 1 aliphatic carbocycles. The molecule has 32 heavy (non-hydrogen) atoms. The van der Waals surface area contributed by atoms with Gasteiger partial charge in [-0.2, -0.15) is 10.1 Å². The number of hydrogen-bond donors (Lipinski definition) is 2. The number of rotatable bonds is 4. The summed E-state index contributed by atoms with van der Waals surface area (Å²) in [6, 6.07) is 4.58. The molecule has 10 heteroatoms. The summed E-state index contributed by atoms with van der Waals surface area (Å²) in [6.07, 6.45) is 2.86. The fourth-order valence-corrected chi connectivity index (χ4v) is 4.73. The highest BCUT2D eigenvalue weighted by Crippen LogP contribution is 2.35. The summed E-state index contributed by atoms with van der Waals surface area (Å²) in [5.74, 6) is -0.329. The van der Waals surface area contributed by atoms with Gasteiger partial charge in [0.2, 0.25) is 5.91 Å². The van der Waals surface area contributed by atoms with Crippen molar-refractivity contribution in [3.05, 3.63) is 45.2 Å². The van der Waals surface area contributed by atoms with Crippen LogP contribution in [0.2, 0.25) is 10.0 Å². The molecule has 1 aromatic heterocycles. The number of carbonyl (C=O) groups is 3. The normalized spacial score (nSPS) is 23.0. The summed E-state index contributed by atoms with van der Waals surface area (Å²) < 4.78 is 1.69. The van der Waals surface area contributed by atoms with Crippen LogP contribution >= 0.6 is 23.2 Å². The number of halogens is 2. The van der Waals surface area contributed by atoms with E-state index in [0.29, 0.717) is 45.7 Å². The van der Waals surface area contributed by atoms with E-state index >= 15 is 0 Å². The summed E-state index contributed by atoms with van der Waals surface area (Å²) in [5, 5.41) is 8.99. The number of nitrogens with zero attached hydrogens (tertiary/aromatic N) is 3. The van der Waals surface area contributed by atoms with E-state index in [0.717, 1.165) is 23.5 Å². The van der Waals surface area contributed by atoms with Gasteiger partial charge in [-0.25, -0.2) is 9.48 Å². The smallest absolute Gasteiger partial charge is 0.322 e. The number of amides is 4. The van der Waals surface area contributed by atoms with Gasteiger partial charge in [-0.05, 0) is 63.6 Å². The van der Waals surface area contributed by atoms with Crippen molar-refractivity contribution in [1.29, 1.82) is 0 Å². The van der Waals surface area contributed by atoms with Gasteiger partial charge in [0.15, 0.2) is 0 Å². The fourth-order valence-electron chi connectivity index (χ4n) is 4.44. The van der Waals surface area contributed by atoms with Crippen molar-refractivity contribution in [1.82, 2.24) is 25.5 Å². The zero-order chi connectivity index (χ0) is 23.2. The molecule has 1 aromatic carbocycles. The first kappa shape index (κ1) is 22.6. The average molecular weight is 478 g/mol. The van der Waals surface area contributed by atoms with Crippen LogP contribution in [0.25, 0.3) is 5.69 Å². The molecule has 8 nitrogen and oxygen atoms in total. The van der Waals surface area contributed by atoms with Crippen molar-refractivity contribution < 1.29 is 14.4 Å². The van der Waals surface area contributed by atoms with E-state index in [2.05, 4.69) is 22.8 Å². The van der Waals surface area contributed by atoms with Crippen molar-refractivity contribution in [2.75, 3.05) is 0 Å². The van der Waals surface area contributed by atoms with Gasteiger partial charge in [-0.3, -0.25) is 15.0 Å². The molecule has 2 heterocycles. The molecule has 2 aliphatic rings. The predicted octanol–water partition coefficient (Wildman–Crippen LogP) is 3.87. The van der Waals surface area contributed by atoms with Crippen molar-refractivity contribution in [3.8, 4) is 5.69 Å². The third-order valence-corrected chi connectivity index (χ3v) is 7.19. The second kappa shape index (κ2) is 8.41. The van der Waals surface area contributed by atoms with E-state index < -0.39 is 17.5 Å². The molecule has 1 saturated heterocycles. The Balaban J connectivity index is 1.49. The van der Waals surface area contributed by atoms with E-state index in [1.54, 1.807) is 29.8 Å². The zero-order valence-corrected chi connectivity index (χ0v) is 19.7. The topological polar surface area (TPSA) is 96.3 Å². The predicted molar refractivity (Wildman–Crippen MR) is 121 cm³/mol. The van der Waals surface area contributed by atoms with Crippen LogP contribution in [0.5, 0.6) is 0 Å². The Morgan fingerprint density at radius 2 is 1.91 bits per heavy atom. The van der Waals surface area contributed by atoms with Crippen LogP contribution in [0.15, 0.2) is 18.2 Å². The van der Waals surface area contributed by atoms with Gasteiger partial charge in [0.05, 0.1) is 27.8 Å². The lowest BCUT2D eigenvalue weighted by Gasteiger charge is -2.33. The van der Waals surface area contributed by atoms with Crippen molar-refractivity contribution in [2.45, 2.75) is 58.4 Å². The van der Waals surface area contributed by atoms with Crippen LogP contribution < -0.4 is 10.7 Å². The van der Waals surface area contributed by atoms with Gasteiger partial charge in [0, 0.05) is 11.3 Å². The maximum absolute atomic E-state index is 13.0. The van der Waals surface area contributed by atoms with Gasteiger partial charge in [0.25, 0.3) is 5.91 Å². The van der Waals surface area contributed by atoms with E-state index in [9.17, 15) is 14.4 Å². The highest BCUT2D eigenvalue weighted by atomic mass is 35.5. The van der Waals surface area contributed by atoms with Gasteiger partial charge in [-0.15, -0.1) is 0 Å². The molecule has 0 unspecified atom stereocenters. The Morgan fingerprint density at radius 3 is 2.56 bits per heavy atom. The molecule has 4 amide bonds. The first-order chi connectivity index (χ1) is 15.1. The first-order valence-electron chi connectivity index (χ1n) is 10.6. The molecule has 1 spiro atoms. The van der Waals surface area contributed by atoms with Crippen molar-refractivity contribution >= 4 is 41.0 Å². The molecule has 1 saturated carbocycles. The van der Waals surface area contributed by atoms with Crippen LogP contribution in [-0.2, 0) is 16.0 Å². The number of carbonyl (C=O) groups excluding carboxylic acids is 3. The van der Waals surface area contributed by atoms with Crippen LogP contribution in [0.4, 0.5) is 4.79 Å². The lowest BCUT2D eigenvalue weighted by molar-refractivity contribution is -0.139. The molecule has 2 aromatic rings. The molecule has 0 radical (unpaired) electrons. The Kier molecular flexibility index (Phi) is 5.94. The van der Waals surface area contributed by atoms with Gasteiger partial charge in [0.1, 0.15) is 5.54 Å². The minimum Gasteiger partial charge on any atom is -0.322 e. The summed E-state index contributed by atoms with van der Waals surface area (Å²) in [4.78, 5) is 38.2. The number of hydrazine groups is 1. The number of aromatic nitrogens is 2. The second-order valence-corrected chi connectivity index (χ2v) is 9.52. The number of nitrogens with one attached hydrogen (secondary N) is 2. The SMILES string of the molecule is Cc1nn(-c2ccc(Cl)c(Cl)c2)c(C)c1CC(=O)NN1C(=O)NC2(CCC(C)CC2)C1=O. The van der Waals surface area contributed by atoms with Gasteiger partial charge < -0.3 is 5.32 Å². The van der Waals surface area contributed by atoms with E-state index in [1.165, 1.54) is 0 Å². The Hall–Kier alpha value is -2.58. The number of imide groups is 1. The highest BCUT2D eigenvalue weighted by molar-refractivity contribution is 6.42. The maximum Gasteiger partial charge on any atom is 0.344 e. The van der Waals surface area contributed by atoms with E-state index in [1.807, 2.05) is 6.92 Å². The summed E-state index contributed by atoms with van der Waals surface area (Å²) in [6.45, 7) is 5.78. The minimum absolute atomic E-state index is 0.0277. The molecule has 4 rings (SSSR count).